The molecule has 0 spiro atoms. The van der Waals surface area contributed by atoms with Gasteiger partial charge in [-0.1, -0.05) is 0 Å². The summed E-state index contributed by atoms with van der Waals surface area (Å²) < 4.78 is 10.4. The summed E-state index contributed by atoms with van der Waals surface area (Å²) in [5, 5.41) is 11.6. The minimum Gasteiger partial charge on any atom is -0.497 e. The molecule has 5 heteroatoms. The van der Waals surface area contributed by atoms with Crippen molar-refractivity contribution in [1.82, 2.24) is 5.32 Å². The van der Waals surface area contributed by atoms with Crippen molar-refractivity contribution in [3.63, 3.8) is 0 Å². The van der Waals surface area contributed by atoms with Gasteiger partial charge in [-0.05, 0) is 36.7 Å². The van der Waals surface area contributed by atoms with Crippen LogP contribution in [0.15, 0.2) is 18.2 Å². The number of carboxylic acids is 1. The normalized spacial score (nSPS) is 10.1. The number of ether oxygens (including phenoxy) is 2. The largest absolute Gasteiger partial charge is 0.497 e. The van der Waals surface area contributed by atoms with Crippen molar-refractivity contribution in [1.29, 1.82) is 0 Å². The lowest BCUT2D eigenvalue weighted by Gasteiger charge is -2.10. The van der Waals surface area contributed by atoms with Gasteiger partial charge in [0.1, 0.15) is 11.5 Å². The molecular weight excluding hydrogens is 234 g/mol. The van der Waals surface area contributed by atoms with E-state index in [-0.39, 0.29) is 6.42 Å². The molecule has 18 heavy (non-hydrogen) atoms. The topological polar surface area (TPSA) is 67.8 Å². The first-order valence-corrected chi connectivity index (χ1v) is 5.80. The summed E-state index contributed by atoms with van der Waals surface area (Å²) in [4.78, 5) is 10.3. The Balaban J connectivity index is 2.47. The Morgan fingerprint density at radius 2 is 2.06 bits per heavy atom. The van der Waals surface area contributed by atoms with Crippen LogP contribution in [0.4, 0.5) is 0 Å². The van der Waals surface area contributed by atoms with E-state index in [9.17, 15) is 4.79 Å². The molecular formula is C13H19NO4. The monoisotopic (exact) mass is 253 g/mol. The third kappa shape index (κ3) is 4.63. The van der Waals surface area contributed by atoms with Gasteiger partial charge in [-0.15, -0.1) is 0 Å². The molecule has 0 unspecified atom stereocenters. The van der Waals surface area contributed by atoms with Crippen molar-refractivity contribution < 1.29 is 19.4 Å². The molecule has 0 saturated heterocycles. The molecule has 5 nitrogen and oxygen atoms in total. The molecule has 0 aliphatic heterocycles. The Hall–Kier alpha value is -1.75. The van der Waals surface area contributed by atoms with Crippen LogP contribution in [0, 0.1) is 0 Å². The van der Waals surface area contributed by atoms with Crippen LogP contribution in [0.25, 0.3) is 0 Å². The van der Waals surface area contributed by atoms with E-state index in [0.29, 0.717) is 13.1 Å². The van der Waals surface area contributed by atoms with E-state index in [1.54, 1.807) is 14.2 Å². The Bertz CT molecular complexity index is 393. The summed E-state index contributed by atoms with van der Waals surface area (Å²) in [5.41, 5.74) is 1.04. The summed E-state index contributed by atoms with van der Waals surface area (Å²) >= 11 is 0. The highest BCUT2D eigenvalue weighted by Gasteiger charge is 2.04. The molecule has 0 saturated carbocycles. The molecule has 0 heterocycles. The molecule has 0 aliphatic rings. The standard InChI is InChI=1S/C13H19NO4/c1-17-11-3-4-12(18-2)10(9-11)5-7-14-8-6-13(15)16/h3-4,9,14H,5-8H2,1-2H3,(H,15,16). The second kappa shape index (κ2) is 7.55. The van der Waals surface area contributed by atoms with Crippen LogP contribution in [0.2, 0.25) is 0 Å². The molecule has 0 aliphatic carbocycles. The SMILES string of the molecule is COc1ccc(OC)c(CCNCCC(=O)O)c1. The Morgan fingerprint density at radius 3 is 2.67 bits per heavy atom. The molecule has 0 radical (unpaired) electrons. The summed E-state index contributed by atoms with van der Waals surface area (Å²) in [6.45, 7) is 1.18. The highest BCUT2D eigenvalue weighted by Crippen LogP contribution is 2.23. The summed E-state index contributed by atoms with van der Waals surface area (Å²) in [6.07, 6.45) is 0.898. The van der Waals surface area contributed by atoms with Gasteiger partial charge in [0.15, 0.2) is 0 Å². The zero-order chi connectivity index (χ0) is 13.4. The van der Waals surface area contributed by atoms with Gasteiger partial charge in [-0.2, -0.15) is 0 Å². The van der Waals surface area contributed by atoms with Crippen LogP contribution < -0.4 is 14.8 Å². The second-order valence-electron chi connectivity index (χ2n) is 3.82. The van der Waals surface area contributed by atoms with Crippen molar-refractivity contribution in [2.24, 2.45) is 0 Å². The fraction of sp³-hybridized carbons (Fsp3) is 0.462. The van der Waals surface area contributed by atoms with Crippen LogP contribution >= 0.6 is 0 Å². The lowest BCUT2D eigenvalue weighted by molar-refractivity contribution is -0.136. The van der Waals surface area contributed by atoms with Gasteiger partial charge >= 0.3 is 5.97 Å². The molecule has 0 fully saturated rings. The summed E-state index contributed by atoms with van der Waals surface area (Å²) in [5.74, 6) is 0.814. The van der Waals surface area contributed by atoms with Gasteiger partial charge in [0.25, 0.3) is 0 Å². The van der Waals surface area contributed by atoms with Crippen molar-refractivity contribution in [2.75, 3.05) is 27.3 Å². The third-order valence-corrected chi connectivity index (χ3v) is 2.57. The highest BCUT2D eigenvalue weighted by atomic mass is 16.5. The number of methoxy groups -OCH3 is 2. The van der Waals surface area contributed by atoms with Crippen molar-refractivity contribution in [3.05, 3.63) is 23.8 Å². The van der Waals surface area contributed by atoms with Crippen LogP contribution in [-0.4, -0.2) is 38.4 Å². The van der Waals surface area contributed by atoms with Gasteiger partial charge in [-0.25, -0.2) is 0 Å². The number of carboxylic acid groups (broad SMARTS) is 1. The Morgan fingerprint density at radius 1 is 1.28 bits per heavy atom. The Labute approximate surface area is 107 Å². The maximum absolute atomic E-state index is 10.3. The lowest BCUT2D eigenvalue weighted by atomic mass is 10.1. The number of rotatable bonds is 8. The fourth-order valence-electron chi connectivity index (χ4n) is 1.62. The molecule has 1 rings (SSSR count). The summed E-state index contributed by atoms with van der Waals surface area (Å²) in [7, 11) is 3.25. The van der Waals surface area contributed by atoms with E-state index in [2.05, 4.69) is 5.32 Å². The van der Waals surface area contributed by atoms with Crippen LogP contribution in [0.1, 0.15) is 12.0 Å². The van der Waals surface area contributed by atoms with Crippen molar-refractivity contribution >= 4 is 5.97 Å². The van der Waals surface area contributed by atoms with Crippen LogP contribution in [0.5, 0.6) is 11.5 Å². The average Bonchev–Trinajstić information content (AvgIpc) is 2.37. The van der Waals surface area contributed by atoms with Crippen LogP contribution in [-0.2, 0) is 11.2 Å². The minimum atomic E-state index is -0.790. The minimum absolute atomic E-state index is 0.134. The molecule has 1 aromatic rings. The fourth-order valence-corrected chi connectivity index (χ4v) is 1.62. The van der Waals surface area contributed by atoms with Crippen molar-refractivity contribution in [2.45, 2.75) is 12.8 Å². The third-order valence-electron chi connectivity index (χ3n) is 2.57. The highest BCUT2D eigenvalue weighted by molar-refractivity contribution is 5.66. The molecule has 0 bridgehead atoms. The second-order valence-corrected chi connectivity index (χ2v) is 3.82. The summed E-state index contributed by atoms with van der Waals surface area (Å²) in [6, 6.07) is 5.64. The first kappa shape index (κ1) is 14.3. The lowest BCUT2D eigenvalue weighted by Crippen LogP contribution is -2.20. The van der Waals surface area contributed by atoms with E-state index in [1.807, 2.05) is 18.2 Å². The van der Waals surface area contributed by atoms with E-state index in [0.717, 1.165) is 23.5 Å². The number of carbonyl (C=O) groups is 1. The van der Waals surface area contributed by atoms with Crippen LogP contribution in [0.3, 0.4) is 0 Å². The van der Waals surface area contributed by atoms with Gasteiger partial charge in [-0.3, -0.25) is 4.79 Å². The van der Waals surface area contributed by atoms with Crippen molar-refractivity contribution in [3.8, 4) is 11.5 Å². The number of hydrogen-bond donors (Lipinski definition) is 2. The number of aliphatic carboxylic acids is 1. The van der Waals surface area contributed by atoms with E-state index in [1.165, 1.54) is 0 Å². The van der Waals surface area contributed by atoms with Gasteiger partial charge in [0.2, 0.25) is 0 Å². The molecule has 100 valence electrons. The quantitative estimate of drug-likeness (QED) is 0.684. The predicted molar refractivity (Wildman–Crippen MR) is 68.4 cm³/mol. The van der Waals surface area contributed by atoms with E-state index >= 15 is 0 Å². The Kier molecular flexibility index (Phi) is 6.00. The zero-order valence-corrected chi connectivity index (χ0v) is 10.7. The molecule has 0 amide bonds. The number of hydrogen-bond acceptors (Lipinski definition) is 4. The zero-order valence-electron chi connectivity index (χ0n) is 10.7. The maximum atomic E-state index is 10.3. The molecule has 0 atom stereocenters. The maximum Gasteiger partial charge on any atom is 0.304 e. The van der Waals surface area contributed by atoms with Gasteiger partial charge in [0.05, 0.1) is 20.6 Å². The first-order chi connectivity index (χ1) is 8.67. The average molecular weight is 253 g/mol. The molecule has 2 N–H and O–H groups in total. The van der Waals surface area contributed by atoms with E-state index < -0.39 is 5.97 Å². The van der Waals surface area contributed by atoms with E-state index in [4.69, 9.17) is 14.6 Å². The number of nitrogens with one attached hydrogen (secondary N) is 1. The predicted octanol–water partition coefficient (Wildman–Crippen LogP) is 1.31. The first-order valence-electron chi connectivity index (χ1n) is 5.80. The molecule has 0 aromatic heterocycles. The molecule has 1 aromatic carbocycles. The number of benzene rings is 1. The smallest absolute Gasteiger partial charge is 0.304 e. The van der Waals surface area contributed by atoms with Gasteiger partial charge in [0, 0.05) is 6.54 Å². The van der Waals surface area contributed by atoms with Gasteiger partial charge < -0.3 is 19.9 Å².